The molecule has 0 N–H and O–H groups in total. The fourth-order valence-corrected chi connectivity index (χ4v) is 3.57. The van der Waals surface area contributed by atoms with Crippen LogP contribution in [0.3, 0.4) is 0 Å². The molecular formula is C22H24FNO3. The third kappa shape index (κ3) is 4.94. The molecule has 27 heavy (non-hydrogen) atoms. The van der Waals surface area contributed by atoms with Crippen molar-refractivity contribution in [3.8, 4) is 5.75 Å². The molecule has 0 spiro atoms. The first kappa shape index (κ1) is 19.1. The van der Waals surface area contributed by atoms with Crippen molar-refractivity contribution in [2.24, 2.45) is 0 Å². The van der Waals surface area contributed by atoms with E-state index in [-0.39, 0.29) is 36.4 Å². The Kier molecular flexibility index (Phi) is 6.22. The third-order valence-corrected chi connectivity index (χ3v) is 5.04. The van der Waals surface area contributed by atoms with Gasteiger partial charge in [-0.2, -0.15) is 0 Å². The molecule has 1 atom stereocenters. The van der Waals surface area contributed by atoms with Crippen molar-refractivity contribution >= 4 is 11.7 Å². The minimum absolute atomic E-state index is 0.0101. The average Bonchev–Trinajstić information content (AvgIpc) is 3.16. The molecule has 0 radical (unpaired) electrons. The van der Waals surface area contributed by atoms with Gasteiger partial charge < -0.3 is 9.64 Å². The van der Waals surface area contributed by atoms with Gasteiger partial charge in [0.05, 0.1) is 7.11 Å². The zero-order valence-corrected chi connectivity index (χ0v) is 15.5. The summed E-state index contributed by atoms with van der Waals surface area (Å²) in [6.45, 7) is 0.720. The van der Waals surface area contributed by atoms with Crippen molar-refractivity contribution in [3.05, 3.63) is 65.5 Å². The summed E-state index contributed by atoms with van der Waals surface area (Å²) < 4.78 is 18.2. The van der Waals surface area contributed by atoms with Crippen LogP contribution in [0.2, 0.25) is 0 Å². The van der Waals surface area contributed by atoms with Crippen molar-refractivity contribution in [2.75, 3.05) is 13.7 Å². The van der Waals surface area contributed by atoms with Gasteiger partial charge in [0.2, 0.25) is 5.91 Å². The van der Waals surface area contributed by atoms with Gasteiger partial charge in [-0.25, -0.2) is 4.39 Å². The summed E-state index contributed by atoms with van der Waals surface area (Å²) in [5.41, 5.74) is 1.58. The number of hydrogen-bond donors (Lipinski definition) is 0. The first-order valence-electron chi connectivity index (χ1n) is 9.28. The summed E-state index contributed by atoms with van der Waals surface area (Å²) >= 11 is 0. The standard InChI is InChI=1S/C22H24FNO3/c1-27-20-6-2-4-17(15-20)21(25)11-12-22(26)24-13-3-5-19(24)14-16-7-9-18(23)10-8-16/h2,4,6-10,15,19H,3,5,11-14H2,1H3. The Morgan fingerprint density at radius 3 is 2.67 bits per heavy atom. The number of hydrogen-bond acceptors (Lipinski definition) is 3. The Balaban J connectivity index is 1.56. The van der Waals surface area contributed by atoms with Crippen molar-refractivity contribution in [3.63, 3.8) is 0 Å². The molecule has 1 unspecified atom stereocenters. The lowest BCUT2D eigenvalue weighted by atomic mass is 10.0. The predicted molar refractivity (Wildman–Crippen MR) is 101 cm³/mol. The first-order chi connectivity index (χ1) is 13.1. The van der Waals surface area contributed by atoms with Gasteiger partial charge in [-0.1, -0.05) is 24.3 Å². The highest BCUT2D eigenvalue weighted by atomic mass is 19.1. The third-order valence-electron chi connectivity index (χ3n) is 5.04. The SMILES string of the molecule is COc1cccc(C(=O)CCC(=O)N2CCCC2Cc2ccc(F)cc2)c1. The number of methoxy groups -OCH3 is 1. The minimum atomic E-state index is -0.255. The molecule has 0 aliphatic carbocycles. The normalized spacial score (nSPS) is 16.4. The Hall–Kier alpha value is -2.69. The van der Waals surface area contributed by atoms with Crippen LogP contribution >= 0.6 is 0 Å². The topological polar surface area (TPSA) is 46.6 Å². The molecule has 142 valence electrons. The summed E-state index contributed by atoms with van der Waals surface area (Å²) in [6.07, 6.45) is 3.01. The lowest BCUT2D eigenvalue weighted by Crippen LogP contribution is -2.36. The van der Waals surface area contributed by atoms with E-state index in [0.29, 0.717) is 11.3 Å². The van der Waals surface area contributed by atoms with Crippen molar-refractivity contribution in [1.82, 2.24) is 4.90 Å². The van der Waals surface area contributed by atoms with Crippen LogP contribution in [0.1, 0.15) is 41.6 Å². The van der Waals surface area contributed by atoms with Crippen molar-refractivity contribution in [1.29, 1.82) is 0 Å². The minimum Gasteiger partial charge on any atom is -0.497 e. The molecule has 0 saturated carbocycles. The van der Waals surface area contributed by atoms with Crippen LogP contribution in [-0.2, 0) is 11.2 Å². The van der Waals surface area contributed by atoms with Crippen LogP contribution in [0.5, 0.6) is 5.75 Å². The van der Waals surface area contributed by atoms with E-state index in [9.17, 15) is 14.0 Å². The molecule has 0 aromatic heterocycles. The maximum atomic E-state index is 13.1. The number of ketones is 1. The van der Waals surface area contributed by atoms with E-state index in [4.69, 9.17) is 4.74 Å². The van der Waals surface area contributed by atoms with Gasteiger partial charge in [-0.15, -0.1) is 0 Å². The molecule has 0 bridgehead atoms. The number of carbonyl (C=O) groups is 2. The van der Waals surface area contributed by atoms with Crippen LogP contribution in [0, 0.1) is 5.82 Å². The molecule has 1 saturated heterocycles. The summed E-state index contributed by atoms with van der Waals surface area (Å²) in [5, 5.41) is 0. The van der Waals surface area contributed by atoms with Crippen molar-refractivity contribution in [2.45, 2.75) is 38.1 Å². The van der Waals surface area contributed by atoms with Gasteiger partial charge in [0, 0.05) is 31.0 Å². The summed E-state index contributed by atoms with van der Waals surface area (Å²) in [5.74, 6) is 0.327. The molecule has 4 nitrogen and oxygen atoms in total. The molecule has 1 aliphatic heterocycles. The molecule has 2 aromatic rings. The molecule has 2 aromatic carbocycles. The largest absolute Gasteiger partial charge is 0.497 e. The Morgan fingerprint density at radius 2 is 1.93 bits per heavy atom. The predicted octanol–water partition coefficient (Wildman–Crippen LogP) is 4.03. The van der Waals surface area contributed by atoms with E-state index in [2.05, 4.69) is 0 Å². The second-order valence-electron chi connectivity index (χ2n) is 6.87. The quantitative estimate of drug-likeness (QED) is 0.692. The number of benzene rings is 2. The van der Waals surface area contributed by atoms with E-state index in [1.807, 2.05) is 4.90 Å². The maximum absolute atomic E-state index is 13.1. The van der Waals surface area contributed by atoms with Crippen LogP contribution in [0.15, 0.2) is 48.5 Å². The monoisotopic (exact) mass is 369 g/mol. The van der Waals surface area contributed by atoms with Gasteiger partial charge in [0.25, 0.3) is 0 Å². The number of ether oxygens (including phenoxy) is 1. The summed E-state index contributed by atoms with van der Waals surface area (Å²) in [4.78, 5) is 26.9. The highest BCUT2D eigenvalue weighted by Crippen LogP contribution is 2.23. The fraction of sp³-hybridized carbons (Fsp3) is 0.364. The van der Waals surface area contributed by atoms with Crippen LogP contribution in [0.4, 0.5) is 4.39 Å². The number of rotatable bonds is 7. The number of carbonyl (C=O) groups excluding carboxylic acids is 2. The molecule has 1 heterocycles. The Bertz CT molecular complexity index is 803. The van der Waals surface area contributed by atoms with Crippen LogP contribution in [0.25, 0.3) is 0 Å². The van der Waals surface area contributed by atoms with E-state index in [0.717, 1.165) is 31.4 Å². The number of Topliss-reactive ketones (excluding diaryl/α,β-unsaturated/α-hetero) is 1. The molecular weight excluding hydrogens is 345 g/mol. The van der Waals surface area contributed by atoms with E-state index in [1.165, 1.54) is 12.1 Å². The second-order valence-corrected chi connectivity index (χ2v) is 6.87. The van der Waals surface area contributed by atoms with Gasteiger partial charge in [0.15, 0.2) is 5.78 Å². The number of nitrogens with zero attached hydrogens (tertiary/aromatic N) is 1. The first-order valence-corrected chi connectivity index (χ1v) is 9.28. The lowest BCUT2D eigenvalue weighted by molar-refractivity contribution is -0.131. The van der Waals surface area contributed by atoms with E-state index in [1.54, 1.807) is 43.5 Å². The fourth-order valence-electron chi connectivity index (χ4n) is 3.57. The highest BCUT2D eigenvalue weighted by Gasteiger charge is 2.28. The lowest BCUT2D eigenvalue weighted by Gasteiger charge is -2.25. The maximum Gasteiger partial charge on any atom is 0.223 e. The Labute approximate surface area is 158 Å². The number of likely N-dealkylation sites (tertiary alicyclic amines) is 1. The molecule has 1 aliphatic rings. The summed E-state index contributed by atoms with van der Waals surface area (Å²) in [7, 11) is 1.56. The molecule has 1 fully saturated rings. The number of halogens is 1. The van der Waals surface area contributed by atoms with Gasteiger partial charge in [-0.3, -0.25) is 9.59 Å². The molecule has 3 rings (SSSR count). The zero-order chi connectivity index (χ0) is 19.2. The van der Waals surface area contributed by atoms with Gasteiger partial charge in [-0.05, 0) is 49.1 Å². The second kappa shape index (κ2) is 8.80. The zero-order valence-electron chi connectivity index (χ0n) is 15.5. The van der Waals surface area contributed by atoms with Gasteiger partial charge >= 0.3 is 0 Å². The highest BCUT2D eigenvalue weighted by molar-refractivity contribution is 5.98. The number of amides is 1. The van der Waals surface area contributed by atoms with Crippen molar-refractivity contribution < 1.29 is 18.7 Å². The molecule has 1 amide bonds. The Morgan fingerprint density at radius 1 is 1.15 bits per heavy atom. The van der Waals surface area contributed by atoms with E-state index < -0.39 is 0 Å². The molecule has 5 heteroatoms. The summed E-state index contributed by atoms with van der Waals surface area (Å²) in [6, 6.07) is 13.5. The van der Waals surface area contributed by atoms with Gasteiger partial charge in [0.1, 0.15) is 11.6 Å². The average molecular weight is 369 g/mol. The van der Waals surface area contributed by atoms with Crippen LogP contribution in [-0.4, -0.2) is 36.3 Å². The van der Waals surface area contributed by atoms with Crippen LogP contribution < -0.4 is 4.74 Å². The smallest absolute Gasteiger partial charge is 0.223 e. The van der Waals surface area contributed by atoms with E-state index >= 15 is 0 Å².